The number of aryl methyl sites for hydroxylation is 2. The summed E-state index contributed by atoms with van der Waals surface area (Å²) in [6, 6.07) is 15.6. The van der Waals surface area contributed by atoms with E-state index in [1.54, 1.807) is 7.11 Å². The zero-order valence-corrected chi connectivity index (χ0v) is 14.5. The summed E-state index contributed by atoms with van der Waals surface area (Å²) in [5.41, 5.74) is 2.32. The van der Waals surface area contributed by atoms with Gasteiger partial charge in [0.15, 0.2) is 0 Å². The van der Waals surface area contributed by atoms with E-state index < -0.39 is 0 Å². The Morgan fingerprint density at radius 3 is 2.29 bits per heavy atom. The van der Waals surface area contributed by atoms with Crippen LogP contribution in [0.2, 0.25) is 0 Å². The van der Waals surface area contributed by atoms with Gasteiger partial charge in [-0.05, 0) is 50.1 Å². The molecule has 1 unspecified atom stereocenters. The molecular formula is C20H25NO3. The lowest BCUT2D eigenvalue weighted by Gasteiger charge is -2.15. The Kier molecular flexibility index (Phi) is 6.67. The summed E-state index contributed by atoms with van der Waals surface area (Å²) in [6.45, 7) is 4.44. The molecule has 2 aromatic carbocycles. The number of nitrogens with one attached hydrogen (secondary N) is 1. The second kappa shape index (κ2) is 8.96. The molecule has 0 aliphatic rings. The number of hydrogen-bond acceptors (Lipinski definition) is 3. The van der Waals surface area contributed by atoms with E-state index in [1.807, 2.05) is 62.4 Å². The normalized spacial score (nSPS) is 11.6. The minimum Gasteiger partial charge on any atom is -0.497 e. The Bertz CT molecular complexity index is 635. The lowest BCUT2D eigenvalue weighted by Crippen LogP contribution is -2.36. The number of hydrogen-bond donors (Lipinski definition) is 1. The summed E-state index contributed by atoms with van der Waals surface area (Å²) in [5, 5.41) is 2.97. The fourth-order valence-electron chi connectivity index (χ4n) is 2.29. The molecule has 0 spiro atoms. The van der Waals surface area contributed by atoms with Gasteiger partial charge >= 0.3 is 0 Å². The van der Waals surface area contributed by atoms with Gasteiger partial charge in [0.1, 0.15) is 18.1 Å². The molecule has 1 amide bonds. The van der Waals surface area contributed by atoms with Crippen LogP contribution in [0, 0.1) is 6.92 Å². The van der Waals surface area contributed by atoms with E-state index in [-0.39, 0.29) is 11.9 Å². The first-order valence-corrected chi connectivity index (χ1v) is 8.18. The average Bonchev–Trinajstić information content (AvgIpc) is 2.60. The summed E-state index contributed by atoms with van der Waals surface area (Å²) in [4.78, 5) is 12.0. The van der Waals surface area contributed by atoms with Crippen molar-refractivity contribution in [2.24, 2.45) is 0 Å². The van der Waals surface area contributed by atoms with Gasteiger partial charge in [-0.1, -0.05) is 29.8 Å². The highest BCUT2D eigenvalue weighted by molar-refractivity contribution is 5.76. The molecule has 0 saturated heterocycles. The van der Waals surface area contributed by atoms with Gasteiger partial charge in [-0.3, -0.25) is 4.79 Å². The van der Waals surface area contributed by atoms with Gasteiger partial charge in [-0.15, -0.1) is 0 Å². The summed E-state index contributed by atoms with van der Waals surface area (Å²) < 4.78 is 10.8. The van der Waals surface area contributed by atoms with Crippen molar-refractivity contribution in [3.05, 3.63) is 59.7 Å². The third-order valence-electron chi connectivity index (χ3n) is 3.73. The molecule has 0 bridgehead atoms. The van der Waals surface area contributed by atoms with Crippen LogP contribution in [0.3, 0.4) is 0 Å². The van der Waals surface area contributed by atoms with E-state index in [9.17, 15) is 4.79 Å². The maximum absolute atomic E-state index is 12.0. The smallest absolute Gasteiger partial charge is 0.220 e. The van der Waals surface area contributed by atoms with E-state index in [1.165, 1.54) is 5.56 Å². The molecular weight excluding hydrogens is 302 g/mol. The van der Waals surface area contributed by atoms with Crippen LogP contribution in [0.25, 0.3) is 0 Å². The molecule has 0 aromatic heterocycles. The number of rotatable bonds is 8. The molecule has 0 fully saturated rings. The van der Waals surface area contributed by atoms with Crippen LogP contribution in [-0.2, 0) is 11.2 Å². The molecule has 1 atom stereocenters. The van der Waals surface area contributed by atoms with Crippen LogP contribution < -0.4 is 14.8 Å². The first-order chi connectivity index (χ1) is 11.6. The third-order valence-corrected chi connectivity index (χ3v) is 3.73. The van der Waals surface area contributed by atoms with Crippen molar-refractivity contribution in [1.82, 2.24) is 5.32 Å². The largest absolute Gasteiger partial charge is 0.497 e. The second-order valence-electron chi connectivity index (χ2n) is 5.94. The van der Waals surface area contributed by atoms with E-state index in [0.29, 0.717) is 19.4 Å². The molecule has 2 aromatic rings. The van der Waals surface area contributed by atoms with Crippen LogP contribution in [-0.4, -0.2) is 25.7 Å². The highest BCUT2D eigenvalue weighted by atomic mass is 16.5. The Morgan fingerprint density at radius 2 is 1.67 bits per heavy atom. The molecule has 1 N–H and O–H groups in total. The van der Waals surface area contributed by atoms with E-state index >= 15 is 0 Å². The lowest BCUT2D eigenvalue weighted by molar-refractivity contribution is -0.121. The molecule has 0 saturated carbocycles. The molecule has 0 aliphatic heterocycles. The summed E-state index contributed by atoms with van der Waals surface area (Å²) in [7, 11) is 1.64. The Hall–Kier alpha value is -2.49. The fourth-order valence-corrected chi connectivity index (χ4v) is 2.29. The average molecular weight is 327 g/mol. The van der Waals surface area contributed by atoms with Gasteiger partial charge in [0, 0.05) is 6.42 Å². The summed E-state index contributed by atoms with van der Waals surface area (Å²) in [6.07, 6.45) is 1.17. The number of benzene rings is 2. The number of ether oxygens (including phenoxy) is 2. The fraction of sp³-hybridized carbons (Fsp3) is 0.350. The maximum atomic E-state index is 12.0. The monoisotopic (exact) mass is 327 g/mol. The van der Waals surface area contributed by atoms with Gasteiger partial charge in [0.2, 0.25) is 5.91 Å². The van der Waals surface area contributed by atoms with Gasteiger partial charge < -0.3 is 14.8 Å². The van der Waals surface area contributed by atoms with Crippen molar-refractivity contribution in [1.29, 1.82) is 0 Å². The highest BCUT2D eigenvalue weighted by Gasteiger charge is 2.08. The van der Waals surface area contributed by atoms with Gasteiger partial charge in [0.25, 0.3) is 0 Å². The minimum atomic E-state index is -0.0327. The van der Waals surface area contributed by atoms with Gasteiger partial charge in [-0.2, -0.15) is 0 Å². The van der Waals surface area contributed by atoms with Crippen molar-refractivity contribution in [3.8, 4) is 11.5 Å². The summed E-state index contributed by atoms with van der Waals surface area (Å²) in [5.74, 6) is 1.68. The van der Waals surface area contributed by atoms with E-state index in [4.69, 9.17) is 9.47 Å². The van der Waals surface area contributed by atoms with Crippen LogP contribution in [0.4, 0.5) is 0 Å². The SMILES string of the molecule is COc1ccc(CCC(=O)NC(C)COc2ccc(C)cc2)cc1. The summed E-state index contributed by atoms with van der Waals surface area (Å²) >= 11 is 0. The zero-order valence-electron chi connectivity index (χ0n) is 14.5. The molecule has 0 radical (unpaired) electrons. The standard InChI is InChI=1S/C20H25NO3/c1-15-4-9-19(10-5-15)24-14-16(2)21-20(22)13-8-17-6-11-18(23-3)12-7-17/h4-7,9-12,16H,8,13-14H2,1-3H3,(H,21,22). The number of carbonyl (C=O) groups is 1. The van der Waals surface area contributed by atoms with Gasteiger partial charge in [-0.25, -0.2) is 0 Å². The van der Waals surface area contributed by atoms with Crippen molar-refractivity contribution in [2.75, 3.05) is 13.7 Å². The predicted octanol–water partition coefficient (Wildman–Crippen LogP) is 3.52. The quantitative estimate of drug-likeness (QED) is 0.807. The number of carbonyl (C=O) groups excluding carboxylic acids is 1. The van der Waals surface area contributed by atoms with E-state index in [2.05, 4.69) is 5.32 Å². The molecule has 2 rings (SSSR count). The number of methoxy groups -OCH3 is 1. The molecule has 0 aliphatic carbocycles. The zero-order chi connectivity index (χ0) is 17.4. The Balaban J connectivity index is 1.69. The highest BCUT2D eigenvalue weighted by Crippen LogP contribution is 2.13. The molecule has 4 heteroatoms. The van der Waals surface area contributed by atoms with Crippen LogP contribution >= 0.6 is 0 Å². The van der Waals surface area contributed by atoms with Crippen LogP contribution in [0.1, 0.15) is 24.5 Å². The Morgan fingerprint density at radius 1 is 1.04 bits per heavy atom. The lowest BCUT2D eigenvalue weighted by atomic mass is 10.1. The number of amides is 1. The predicted molar refractivity (Wildman–Crippen MR) is 95.6 cm³/mol. The van der Waals surface area contributed by atoms with Crippen molar-refractivity contribution >= 4 is 5.91 Å². The van der Waals surface area contributed by atoms with Crippen LogP contribution in [0.5, 0.6) is 11.5 Å². The topological polar surface area (TPSA) is 47.6 Å². The van der Waals surface area contributed by atoms with Crippen molar-refractivity contribution < 1.29 is 14.3 Å². The molecule has 0 heterocycles. The first kappa shape index (κ1) is 17.9. The Labute approximate surface area is 143 Å². The molecule has 4 nitrogen and oxygen atoms in total. The first-order valence-electron chi connectivity index (χ1n) is 8.18. The molecule has 128 valence electrons. The minimum absolute atomic E-state index is 0.0327. The third kappa shape index (κ3) is 5.95. The second-order valence-corrected chi connectivity index (χ2v) is 5.94. The van der Waals surface area contributed by atoms with Gasteiger partial charge in [0.05, 0.1) is 13.2 Å². The van der Waals surface area contributed by atoms with Crippen molar-refractivity contribution in [3.63, 3.8) is 0 Å². The van der Waals surface area contributed by atoms with E-state index in [0.717, 1.165) is 17.1 Å². The van der Waals surface area contributed by atoms with Crippen molar-refractivity contribution in [2.45, 2.75) is 32.7 Å². The molecule has 24 heavy (non-hydrogen) atoms. The maximum Gasteiger partial charge on any atom is 0.220 e. The van der Waals surface area contributed by atoms with Crippen LogP contribution in [0.15, 0.2) is 48.5 Å².